The second kappa shape index (κ2) is 8.17. The predicted molar refractivity (Wildman–Crippen MR) is 55.7 cm³/mol. The van der Waals surface area contributed by atoms with Crippen LogP contribution in [0.3, 0.4) is 0 Å². The van der Waals surface area contributed by atoms with Crippen molar-refractivity contribution in [2.24, 2.45) is 17.6 Å². The molecule has 3 unspecified atom stereocenters. The molecule has 3 atom stereocenters. The highest BCUT2D eigenvalue weighted by molar-refractivity contribution is 4.60. The maximum Gasteiger partial charge on any atom is 0.108 e. The Hall–Kier alpha value is -0.160. The normalized spacial score (nSPS) is 17.8. The van der Waals surface area contributed by atoms with Crippen LogP contribution < -0.4 is 5.73 Å². The smallest absolute Gasteiger partial charge is 0.108 e. The lowest BCUT2D eigenvalue weighted by Gasteiger charge is -2.21. The van der Waals surface area contributed by atoms with Crippen LogP contribution in [-0.4, -0.2) is 36.3 Å². The molecule has 0 saturated carbocycles. The average Bonchev–Trinajstić information content (AvgIpc) is 2.15. The highest BCUT2D eigenvalue weighted by Crippen LogP contribution is 2.09. The first-order chi connectivity index (χ1) is 6.61. The van der Waals surface area contributed by atoms with Gasteiger partial charge in [-0.05, 0) is 24.7 Å². The van der Waals surface area contributed by atoms with Crippen molar-refractivity contribution in [2.45, 2.75) is 32.9 Å². The number of rotatable bonds is 8. The molecule has 0 amide bonds. The molecule has 0 aliphatic heterocycles. The number of aliphatic hydroxyl groups excluding tert-OH is 2. The first kappa shape index (κ1) is 13.8. The fraction of sp³-hybridized carbons (Fsp3) is 1.00. The van der Waals surface area contributed by atoms with E-state index in [0.717, 1.165) is 6.42 Å². The lowest BCUT2D eigenvalue weighted by Crippen LogP contribution is -2.33. The standard InChI is InChI=1S/C10H23NO3/c1-8(3-5-12)7-14-10(11)9(2)4-6-13/h8-10,12-13H,3-7,11H2,1-2H3. The van der Waals surface area contributed by atoms with Gasteiger partial charge in [0.25, 0.3) is 0 Å². The minimum atomic E-state index is -0.316. The Morgan fingerprint density at radius 2 is 1.71 bits per heavy atom. The van der Waals surface area contributed by atoms with Crippen LogP contribution in [-0.2, 0) is 4.74 Å². The van der Waals surface area contributed by atoms with Crippen LogP contribution in [0.15, 0.2) is 0 Å². The van der Waals surface area contributed by atoms with Gasteiger partial charge in [0.1, 0.15) is 6.23 Å². The summed E-state index contributed by atoms with van der Waals surface area (Å²) in [5.74, 6) is 0.494. The van der Waals surface area contributed by atoms with Crippen LogP contribution in [0.5, 0.6) is 0 Å². The van der Waals surface area contributed by atoms with Gasteiger partial charge in [0, 0.05) is 13.2 Å². The Morgan fingerprint density at radius 1 is 1.14 bits per heavy atom. The maximum absolute atomic E-state index is 8.70. The highest BCUT2D eigenvalue weighted by atomic mass is 16.5. The van der Waals surface area contributed by atoms with Crippen molar-refractivity contribution in [3.8, 4) is 0 Å². The zero-order chi connectivity index (χ0) is 11.0. The van der Waals surface area contributed by atoms with Gasteiger partial charge >= 0.3 is 0 Å². The zero-order valence-electron chi connectivity index (χ0n) is 9.15. The van der Waals surface area contributed by atoms with E-state index in [1.807, 2.05) is 13.8 Å². The molecule has 0 bridgehead atoms. The van der Waals surface area contributed by atoms with Crippen LogP contribution in [0.1, 0.15) is 26.7 Å². The maximum atomic E-state index is 8.70. The third-order valence-electron chi connectivity index (χ3n) is 2.34. The molecule has 0 radical (unpaired) electrons. The lowest BCUT2D eigenvalue weighted by atomic mass is 10.1. The van der Waals surface area contributed by atoms with E-state index in [1.54, 1.807) is 0 Å². The highest BCUT2D eigenvalue weighted by Gasteiger charge is 2.13. The molecule has 0 heterocycles. The molecule has 4 N–H and O–H groups in total. The Bertz CT molecular complexity index is 133. The van der Waals surface area contributed by atoms with E-state index >= 15 is 0 Å². The molecule has 4 nitrogen and oxygen atoms in total. The summed E-state index contributed by atoms with van der Waals surface area (Å²) < 4.78 is 5.43. The van der Waals surface area contributed by atoms with Crippen molar-refractivity contribution in [3.63, 3.8) is 0 Å². The summed E-state index contributed by atoms with van der Waals surface area (Å²) in [6.07, 6.45) is 1.08. The molecule has 0 aromatic rings. The van der Waals surface area contributed by atoms with E-state index in [1.165, 1.54) is 0 Å². The van der Waals surface area contributed by atoms with Crippen molar-refractivity contribution in [3.05, 3.63) is 0 Å². The summed E-state index contributed by atoms with van der Waals surface area (Å²) in [7, 11) is 0. The van der Waals surface area contributed by atoms with Gasteiger partial charge in [-0.25, -0.2) is 0 Å². The van der Waals surface area contributed by atoms with Gasteiger partial charge < -0.3 is 20.7 Å². The first-order valence-corrected chi connectivity index (χ1v) is 5.20. The molecule has 14 heavy (non-hydrogen) atoms. The van der Waals surface area contributed by atoms with Crippen LogP contribution in [0, 0.1) is 11.8 Å². The summed E-state index contributed by atoms with van der Waals surface area (Å²) in [5.41, 5.74) is 5.75. The predicted octanol–water partition coefficient (Wildman–Crippen LogP) is 0.325. The van der Waals surface area contributed by atoms with E-state index in [9.17, 15) is 0 Å². The number of aliphatic hydroxyl groups is 2. The number of nitrogens with two attached hydrogens (primary N) is 1. The zero-order valence-corrected chi connectivity index (χ0v) is 9.15. The van der Waals surface area contributed by atoms with Crippen molar-refractivity contribution in [1.29, 1.82) is 0 Å². The van der Waals surface area contributed by atoms with E-state index in [-0.39, 0.29) is 25.4 Å². The molecule has 0 aromatic heterocycles. The Kier molecular flexibility index (Phi) is 8.08. The molecule has 0 fully saturated rings. The summed E-state index contributed by atoms with van der Waals surface area (Å²) in [4.78, 5) is 0. The third-order valence-corrected chi connectivity index (χ3v) is 2.34. The van der Waals surface area contributed by atoms with Gasteiger partial charge in [0.05, 0.1) is 6.61 Å². The summed E-state index contributed by atoms with van der Waals surface area (Å²) in [6.45, 7) is 4.87. The molecular weight excluding hydrogens is 182 g/mol. The number of hydrogen-bond donors (Lipinski definition) is 3. The van der Waals surface area contributed by atoms with Crippen molar-refractivity contribution >= 4 is 0 Å². The SMILES string of the molecule is CC(CCO)COC(N)C(C)CCO. The summed E-state index contributed by atoms with van der Waals surface area (Å²) in [5, 5.41) is 17.4. The molecule has 4 heteroatoms. The first-order valence-electron chi connectivity index (χ1n) is 5.20. The van der Waals surface area contributed by atoms with E-state index in [0.29, 0.717) is 18.9 Å². The van der Waals surface area contributed by atoms with Gasteiger partial charge in [-0.15, -0.1) is 0 Å². The van der Waals surface area contributed by atoms with Crippen LogP contribution >= 0.6 is 0 Å². The van der Waals surface area contributed by atoms with Gasteiger partial charge in [0.15, 0.2) is 0 Å². The molecule has 86 valence electrons. The molecule has 0 aromatic carbocycles. The van der Waals surface area contributed by atoms with Gasteiger partial charge in [-0.2, -0.15) is 0 Å². The fourth-order valence-corrected chi connectivity index (χ4v) is 1.11. The molecule has 0 aliphatic carbocycles. The summed E-state index contributed by atoms with van der Waals surface area (Å²) >= 11 is 0. The van der Waals surface area contributed by atoms with E-state index in [2.05, 4.69) is 0 Å². The van der Waals surface area contributed by atoms with E-state index in [4.69, 9.17) is 20.7 Å². The topological polar surface area (TPSA) is 75.7 Å². The second-order valence-electron chi connectivity index (χ2n) is 3.90. The van der Waals surface area contributed by atoms with Crippen molar-refractivity contribution < 1.29 is 14.9 Å². The van der Waals surface area contributed by atoms with Crippen molar-refractivity contribution in [1.82, 2.24) is 0 Å². The van der Waals surface area contributed by atoms with Gasteiger partial charge in [-0.3, -0.25) is 0 Å². The molecule has 0 aliphatic rings. The van der Waals surface area contributed by atoms with Crippen LogP contribution in [0.4, 0.5) is 0 Å². The van der Waals surface area contributed by atoms with Crippen molar-refractivity contribution in [2.75, 3.05) is 19.8 Å². The molecule has 0 spiro atoms. The fourth-order valence-electron chi connectivity index (χ4n) is 1.11. The Labute approximate surface area is 86.1 Å². The van der Waals surface area contributed by atoms with Crippen LogP contribution in [0.25, 0.3) is 0 Å². The van der Waals surface area contributed by atoms with Gasteiger partial charge in [-0.1, -0.05) is 13.8 Å². The third kappa shape index (κ3) is 6.32. The Balaban J connectivity index is 3.56. The number of hydrogen-bond acceptors (Lipinski definition) is 4. The van der Waals surface area contributed by atoms with Gasteiger partial charge in [0.2, 0.25) is 0 Å². The second-order valence-corrected chi connectivity index (χ2v) is 3.90. The lowest BCUT2D eigenvalue weighted by molar-refractivity contribution is -0.00488. The minimum absolute atomic E-state index is 0.143. The molecule has 0 saturated heterocycles. The summed E-state index contributed by atoms with van der Waals surface area (Å²) in [6, 6.07) is 0. The monoisotopic (exact) mass is 205 g/mol. The van der Waals surface area contributed by atoms with Crippen LogP contribution in [0.2, 0.25) is 0 Å². The average molecular weight is 205 g/mol. The minimum Gasteiger partial charge on any atom is -0.396 e. The van der Waals surface area contributed by atoms with E-state index < -0.39 is 0 Å². The number of ether oxygens (including phenoxy) is 1. The largest absolute Gasteiger partial charge is 0.396 e. The molecule has 0 rings (SSSR count). The quantitative estimate of drug-likeness (QED) is 0.499. The Morgan fingerprint density at radius 3 is 2.21 bits per heavy atom. The molecular formula is C10H23NO3.